The summed E-state index contributed by atoms with van der Waals surface area (Å²) in [7, 11) is 0. The summed E-state index contributed by atoms with van der Waals surface area (Å²) in [6.07, 6.45) is 13.9. The number of hydrogen-bond acceptors (Lipinski definition) is 0. The Kier molecular flexibility index (Phi) is 19.6. The van der Waals surface area contributed by atoms with E-state index in [-0.39, 0.29) is 39.7 Å². The molecule has 4 heteroatoms. The van der Waals surface area contributed by atoms with Crippen LogP contribution in [0.4, 0.5) is 0 Å². The van der Waals surface area contributed by atoms with Gasteiger partial charge in [-0.3, -0.25) is 0 Å². The van der Waals surface area contributed by atoms with Crippen LogP contribution in [0.15, 0.2) is 109 Å². The van der Waals surface area contributed by atoms with Gasteiger partial charge in [-0.2, -0.15) is 12.1 Å². The van der Waals surface area contributed by atoms with Crippen molar-refractivity contribution < 1.29 is 23.3 Å². The van der Waals surface area contributed by atoms with Gasteiger partial charge in [-0.05, 0) is 65.7 Å². The van der Waals surface area contributed by atoms with Crippen molar-refractivity contribution in [2.45, 2.75) is 103 Å². The van der Waals surface area contributed by atoms with Gasteiger partial charge in [0, 0.05) is 0 Å². The van der Waals surface area contributed by atoms with E-state index in [0.717, 1.165) is 11.8 Å². The Morgan fingerprint density at radius 1 is 0.577 bits per heavy atom. The third-order valence-corrected chi connectivity index (χ3v) is 10.9. The number of fused-ring (bicyclic) bond motifs is 2. The molecule has 2 aliphatic rings. The molecular weight excluding hydrogens is 767 g/mol. The SMILES string of the molecule is CC(C)c1ccc(-c2cccc3[cH-]c(C4CCCCC4)cc23)cc1.Cc1cc2c(-c3ccc(C4CCCCC4)cc3)cccc2[cH-]1.Cl.Cl.[CH3-].[CH3-].[Si]=[Zr]. The molecule has 0 heterocycles. The van der Waals surface area contributed by atoms with Gasteiger partial charge in [-0.25, -0.2) is 0 Å². The van der Waals surface area contributed by atoms with E-state index in [2.05, 4.69) is 137 Å². The number of benzene rings is 4. The number of halogens is 2. The first-order valence-corrected chi connectivity index (χ1v) is 22.5. The van der Waals surface area contributed by atoms with Crippen molar-refractivity contribution in [3.05, 3.63) is 146 Å². The van der Waals surface area contributed by atoms with Crippen LogP contribution in [-0.2, 0) is 23.3 Å². The molecule has 0 unspecified atom stereocenters. The molecule has 0 bridgehead atoms. The zero-order chi connectivity index (χ0) is 33.5. The monoisotopic (exact) mass is 822 g/mol. The van der Waals surface area contributed by atoms with Crippen LogP contribution in [-0.4, -0.2) is 6.88 Å². The van der Waals surface area contributed by atoms with E-state index in [1.807, 2.05) is 0 Å². The van der Waals surface area contributed by atoms with E-state index < -0.39 is 0 Å². The van der Waals surface area contributed by atoms with E-state index in [1.54, 1.807) is 5.56 Å². The Labute approximate surface area is 345 Å². The van der Waals surface area contributed by atoms with Crippen LogP contribution in [0.1, 0.15) is 118 Å². The van der Waals surface area contributed by atoms with Crippen molar-refractivity contribution in [2.75, 3.05) is 0 Å². The minimum absolute atomic E-state index is 0. The van der Waals surface area contributed by atoms with Gasteiger partial charge in [0.1, 0.15) is 0 Å². The molecule has 2 saturated carbocycles. The Bertz CT molecular complexity index is 1900. The summed E-state index contributed by atoms with van der Waals surface area (Å²) in [5, 5.41) is 5.56. The fourth-order valence-electron chi connectivity index (χ4n) is 8.24. The van der Waals surface area contributed by atoms with Crippen molar-refractivity contribution in [3.8, 4) is 22.3 Å². The molecule has 0 aromatic heterocycles. The second-order valence-electron chi connectivity index (χ2n) is 14.5. The molecule has 2 radical (unpaired) electrons. The van der Waals surface area contributed by atoms with Gasteiger partial charge in [-0.1, -0.05) is 131 Å². The molecular formula is C48H58Cl2SiZr-4. The maximum atomic E-state index is 3.06. The zero-order valence-corrected chi connectivity index (χ0v) is 37.1. The van der Waals surface area contributed by atoms with Crippen molar-refractivity contribution in [1.29, 1.82) is 0 Å². The normalized spacial score (nSPS) is 14.4. The van der Waals surface area contributed by atoms with E-state index in [4.69, 9.17) is 0 Å². The average Bonchev–Trinajstić information content (AvgIpc) is 3.77. The predicted molar refractivity (Wildman–Crippen MR) is 234 cm³/mol. The van der Waals surface area contributed by atoms with Gasteiger partial charge >= 0.3 is 30.2 Å². The molecule has 0 amide bonds. The van der Waals surface area contributed by atoms with Crippen molar-refractivity contribution >= 4 is 53.2 Å². The Hall–Kier alpha value is -2.22. The Morgan fingerprint density at radius 3 is 1.56 bits per heavy atom. The van der Waals surface area contributed by atoms with Crippen LogP contribution in [0, 0.1) is 21.8 Å². The van der Waals surface area contributed by atoms with E-state index in [9.17, 15) is 0 Å². The third kappa shape index (κ3) is 10.9. The summed E-state index contributed by atoms with van der Waals surface area (Å²) in [5.74, 6) is 2.16. The Balaban J connectivity index is 0.000000321. The Morgan fingerprint density at radius 2 is 1.04 bits per heavy atom. The van der Waals surface area contributed by atoms with Crippen molar-refractivity contribution in [3.63, 3.8) is 0 Å². The first kappa shape index (κ1) is 45.9. The van der Waals surface area contributed by atoms with Crippen LogP contribution in [0.2, 0.25) is 0 Å². The second-order valence-corrected chi connectivity index (χ2v) is 14.5. The molecule has 2 aliphatic carbocycles. The van der Waals surface area contributed by atoms with E-state index >= 15 is 0 Å². The van der Waals surface area contributed by atoms with E-state index in [0.29, 0.717) is 5.92 Å². The van der Waals surface area contributed by atoms with Crippen LogP contribution in [0.3, 0.4) is 0 Å². The molecule has 2 fully saturated rings. The molecule has 6 aromatic carbocycles. The third-order valence-electron chi connectivity index (χ3n) is 10.9. The molecule has 0 atom stereocenters. The quantitative estimate of drug-likeness (QED) is 0.120. The van der Waals surface area contributed by atoms with Gasteiger partial charge in [0.15, 0.2) is 0 Å². The fraction of sp³-hybridized carbons (Fsp3) is 0.333. The standard InChI is InChI=1S/C24H27.C22H23.2CH3.2ClH.Si.Zr/c1-17(2)18-11-13-20(14-12-18)23-10-6-9-21-15-22(16-24(21)23)19-7-4-3-5-8-19;1-16-14-20-8-5-9-21(22(20)15-16)19-12-10-18(11-13-19)17-6-3-2-4-7-17;;;;;;/h6,9-17,19H,3-5,7-8H2,1-2H3;5,8-15,17H,2-4,6-7H2,1H3;2*1H3;2*1H;;/q4*-1;;;;. The van der Waals surface area contributed by atoms with Crippen LogP contribution >= 0.6 is 24.8 Å². The summed E-state index contributed by atoms with van der Waals surface area (Å²) in [6.45, 7) is 9.75. The molecule has 276 valence electrons. The van der Waals surface area contributed by atoms with Gasteiger partial charge in [0.25, 0.3) is 0 Å². The fourth-order valence-corrected chi connectivity index (χ4v) is 8.24. The molecule has 0 spiro atoms. The minimum atomic E-state index is 0. The topological polar surface area (TPSA) is 0 Å². The van der Waals surface area contributed by atoms with Crippen LogP contribution in [0.5, 0.6) is 0 Å². The number of rotatable bonds is 5. The predicted octanol–water partition coefficient (Wildman–Crippen LogP) is 15.3. The van der Waals surface area contributed by atoms with Crippen LogP contribution < -0.4 is 0 Å². The van der Waals surface area contributed by atoms with Crippen molar-refractivity contribution in [2.24, 2.45) is 0 Å². The molecule has 0 nitrogen and oxygen atoms in total. The first-order chi connectivity index (χ1) is 23.5. The first-order valence-electron chi connectivity index (χ1n) is 18.3. The summed E-state index contributed by atoms with van der Waals surface area (Å²) in [4.78, 5) is 0. The van der Waals surface area contributed by atoms with Gasteiger partial charge in [-0.15, -0.1) is 93.9 Å². The second kappa shape index (κ2) is 22.2. The van der Waals surface area contributed by atoms with Gasteiger partial charge in [0.2, 0.25) is 0 Å². The number of hydrogen-bond donors (Lipinski definition) is 0. The molecule has 0 N–H and O–H groups in total. The molecule has 52 heavy (non-hydrogen) atoms. The van der Waals surface area contributed by atoms with Crippen LogP contribution in [0.25, 0.3) is 43.8 Å². The van der Waals surface area contributed by atoms with E-state index in [1.165, 1.54) is 148 Å². The molecule has 0 aliphatic heterocycles. The maximum absolute atomic E-state index is 3.06. The summed E-state index contributed by atoms with van der Waals surface area (Å²) < 4.78 is 0. The summed E-state index contributed by atoms with van der Waals surface area (Å²) in [6, 6.07) is 41.4. The average molecular weight is 825 g/mol. The van der Waals surface area contributed by atoms with Crippen molar-refractivity contribution in [1.82, 2.24) is 0 Å². The molecule has 8 rings (SSSR count). The summed E-state index contributed by atoms with van der Waals surface area (Å²) >= 11 is 1.36. The summed E-state index contributed by atoms with van der Waals surface area (Å²) in [5.41, 5.74) is 11.3. The zero-order valence-electron chi connectivity index (χ0n) is 32.0. The number of aryl methyl sites for hydroxylation is 1. The van der Waals surface area contributed by atoms with Gasteiger partial charge in [0.05, 0.1) is 0 Å². The molecule has 0 saturated heterocycles. The molecule has 6 aromatic rings. The van der Waals surface area contributed by atoms with Gasteiger partial charge < -0.3 is 14.9 Å².